The molecule has 3 rings (SSSR count). The van der Waals surface area contributed by atoms with Crippen LogP contribution in [0.2, 0.25) is 0 Å². The first-order valence-corrected chi connectivity index (χ1v) is 12.8. The summed E-state index contributed by atoms with van der Waals surface area (Å²) in [5, 5.41) is 20.1. The minimum Gasteiger partial charge on any atom is -0.460 e. The van der Waals surface area contributed by atoms with Crippen LogP contribution in [0.5, 0.6) is 0 Å². The molecular formula is C29H32BN3O6. The number of benzene rings is 3. The average Bonchev–Trinajstić information content (AvgIpc) is 2.94. The molecule has 2 radical (unpaired) electrons. The smallest absolute Gasteiger partial charge is 0.325 e. The minimum absolute atomic E-state index is 0.0531. The summed E-state index contributed by atoms with van der Waals surface area (Å²) in [6.45, 7) is 1.44. The standard InChI is InChI=1S/C29H32BN3O6/c1-2-9-23(26(35)28(37)31-17-25(34)39-18-19-10-4-3-5-11-19)32-27(36)24(33-29(30)38)16-21-14-8-13-20-12-6-7-15-22(20)21/h3-8,10-15,23-24,26,35H,2,9,16-18H2,1H3,(H,31,37)(H,32,36)(H,33,38)/t23?,24-,26?/m0/s1. The Hall–Kier alpha value is -4.18. The van der Waals surface area contributed by atoms with Crippen molar-refractivity contribution in [3.8, 4) is 0 Å². The highest BCUT2D eigenvalue weighted by molar-refractivity contribution is 6.57. The van der Waals surface area contributed by atoms with Crippen molar-refractivity contribution >= 4 is 42.2 Å². The van der Waals surface area contributed by atoms with Gasteiger partial charge in [0.15, 0.2) is 11.9 Å². The first kappa shape index (κ1) is 29.4. The largest absolute Gasteiger partial charge is 0.460 e. The number of rotatable bonds is 13. The Labute approximate surface area is 228 Å². The Balaban J connectivity index is 1.62. The van der Waals surface area contributed by atoms with Crippen LogP contribution in [0.25, 0.3) is 10.8 Å². The summed E-state index contributed by atoms with van der Waals surface area (Å²) in [6, 6.07) is 20.4. The van der Waals surface area contributed by atoms with Gasteiger partial charge in [-0.05, 0) is 28.3 Å². The van der Waals surface area contributed by atoms with Gasteiger partial charge in [0.1, 0.15) is 19.2 Å². The normalized spacial score (nSPS) is 13.1. The third kappa shape index (κ3) is 8.96. The van der Waals surface area contributed by atoms with Gasteiger partial charge >= 0.3 is 5.97 Å². The molecule has 9 nitrogen and oxygen atoms in total. The van der Waals surface area contributed by atoms with E-state index in [9.17, 15) is 24.3 Å². The van der Waals surface area contributed by atoms with Gasteiger partial charge in [-0.1, -0.05) is 86.1 Å². The predicted molar refractivity (Wildman–Crippen MR) is 148 cm³/mol. The SMILES string of the molecule is [B]C(=O)N[C@@H](Cc1cccc2ccccc12)C(=O)NC(CCC)C(O)C(=O)NCC(=O)OCc1ccccc1. The summed E-state index contributed by atoms with van der Waals surface area (Å²) in [7, 11) is 5.34. The monoisotopic (exact) mass is 529 g/mol. The third-order valence-electron chi connectivity index (χ3n) is 6.16. The van der Waals surface area contributed by atoms with E-state index in [1.54, 1.807) is 12.1 Å². The molecule has 2 unspecified atom stereocenters. The van der Waals surface area contributed by atoms with Crippen LogP contribution in [0.15, 0.2) is 72.8 Å². The second kappa shape index (κ2) is 14.7. The molecule has 3 aromatic rings. The molecule has 0 heterocycles. The van der Waals surface area contributed by atoms with Crippen LogP contribution < -0.4 is 16.0 Å². The number of nitrogens with one attached hydrogen (secondary N) is 3. The molecule has 202 valence electrons. The lowest BCUT2D eigenvalue weighted by atomic mass is 9.96. The summed E-state index contributed by atoms with van der Waals surface area (Å²) < 4.78 is 5.13. The average molecular weight is 529 g/mol. The van der Waals surface area contributed by atoms with E-state index < -0.39 is 48.3 Å². The van der Waals surface area contributed by atoms with E-state index in [-0.39, 0.29) is 19.4 Å². The van der Waals surface area contributed by atoms with Crippen LogP contribution in [-0.4, -0.2) is 61.3 Å². The number of esters is 1. The van der Waals surface area contributed by atoms with Gasteiger partial charge in [0.25, 0.3) is 5.91 Å². The van der Waals surface area contributed by atoms with E-state index in [2.05, 4.69) is 16.0 Å². The Morgan fingerprint density at radius 3 is 2.31 bits per heavy atom. The van der Waals surface area contributed by atoms with Crippen molar-refractivity contribution in [2.45, 2.75) is 51.0 Å². The topological polar surface area (TPSA) is 134 Å². The van der Waals surface area contributed by atoms with Crippen molar-refractivity contribution in [2.24, 2.45) is 0 Å². The maximum absolute atomic E-state index is 13.2. The maximum atomic E-state index is 13.2. The van der Waals surface area contributed by atoms with Crippen LogP contribution in [0.4, 0.5) is 4.79 Å². The first-order valence-electron chi connectivity index (χ1n) is 12.8. The summed E-state index contributed by atoms with van der Waals surface area (Å²) >= 11 is 0. The number of fused-ring (bicyclic) bond motifs is 1. The van der Waals surface area contributed by atoms with Crippen molar-refractivity contribution < 1.29 is 29.0 Å². The highest BCUT2D eigenvalue weighted by atomic mass is 16.5. The van der Waals surface area contributed by atoms with E-state index >= 15 is 0 Å². The van der Waals surface area contributed by atoms with Crippen LogP contribution in [0.3, 0.4) is 0 Å². The molecule has 4 N–H and O–H groups in total. The van der Waals surface area contributed by atoms with Crippen molar-refractivity contribution in [3.05, 3.63) is 83.9 Å². The van der Waals surface area contributed by atoms with Crippen LogP contribution in [0, 0.1) is 0 Å². The highest BCUT2D eigenvalue weighted by Gasteiger charge is 2.30. The zero-order valence-electron chi connectivity index (χ0n) is 21.8. The summed E-state index contributed by atoms with van der Waals surface area (Å²) in [5.74, 6) is -2.99. The van der Waals surface area contributed by atoms with Gasteiger partial charge in [-0.15, -0.1) is 0 Å². The van der Waals surface area contributed by atoms with Crippen LogP contribution >= 0.6 is 0 Å². The quantitative estimate of drug-likeness (QED) is 0.198. The molecule has 39 heavy (non-hydrogen) atoms. The molecule has 0 aliphatic rings. The molecule has 0 bridgehead atoms. The van der Waals surface area contributed by atoms with E-state index in [1.807, 2.05) is 67.6 Å². The first-order chi connectivity index (χ1) is 18.8. The van der Waals surface area contributed by atoms with Gasteiger partial charge in [0.05, 0.1) is 6.04 Å². The van der Waals surface area contributed by atoms with Crippen LogP contribution in [0.1, 0.15) is 30.9 Å². The lowest BCUT2D eigenvalue weighted by molar-refractivity contribution is -0.146. The number of hydrogen-bond donors (Lipinski definition) is 4. The second-order valence-electron chi connectivity index (χ2n) is 9.12. The van der Waals surface area contributed by atoms with E-state index in [0.29, 0.717) is 6.42 Å². The van der Waals surface area contributed by atoms with Gasteiger partial charge < -0.3 is 25.8 Å². The number of aliphatic hydroxyl groups excluding tert-OH is 1. The number of hydrogen-bond acceptors (Lipinski definition) is 6. The fraction of sp³-hybridized carbons (Fsp3) is 0.310. The molecule has 0 aromatic heterocycles. The van der Waals surface area contributed by atoms with Crippen LogP contribution in [-0.2, 0) is 32.1 Å². The third-order valence-corrected chi connectivity index (χ3v) is 6.16. The van der Waals surface area contributed by atoms with Gasteiger partial charge in [-0.2, -0.15) is 0 Å². The lowest BCUT2D eigenvalue weighted by Gasteiger charge is -2.26. The van der Waals surface area contributed by atoms with Crippen molar-refractivity contribution in [1.29, 1.82) is 0 Å². The number of carbonyl (C=O) groups excluding carboxylic acids is 4. The van der Waals surface area contributed by atoms with E-state index in [1.165, 1.54) is 0 Å². The van der Waals surface area contributed by atoms with Crippen molar-refractivity contribution in [1.82, 2.24) is 16.0 Å². The number of aliphatic hydroxyl groups is 1. The molecule has 10 heteroatoms. The number of ether oxygens (including phenoxy) is 1. The van der Waals surface area contributed by atoms with Gasteiger partial charge in [-0.25, -0.2) is 0 Å². The Morgan fingerprint density at radius 2 is 1.59 bits per heavy atom. The number of amides is 3. The molecule has 3 aromatic carbocycles. The van der Waals surface area contributed by atoms with E-state index in [4.69, 9.17) is 12.6 Å². The molecule has 0 saturated carbocycles. The summed E-state index contributed by atoms with van der Waals surface area (Å²) in [6.07, 6.45) is -0.672. The molecule has 0 aliphatic heterocycles. The predicted octanol–water partition coefficient (Wildman–Crippen LogP) is 2.13. The highest BCUT2D eigenvalue weighted by Crippen LogP contribution is 2.20. The second-order valence-corrected chi connectivity index (χ2v) is 9.12. The molecule has 3 atom stereocenters. The van der Waals surface area contributed by atoms with Crippen molar-refractivity contribution in [2.75, 3.05) is 6.54 Å². The van der Waals surface area contributed by atoms with E-state index in [0.717, 1.165) is 21.9 Å². The molecule has 0 aliphatic carbocycles. The van der Waals surface area contributed by atoms with Gasteiger partial charge in [0.2, 0.25) is 13.8 Å². The molecule has 0 fully saturated rings. The Kier molecular flexibility index (Phi) is 11.1. The molecule has 3 amide bonds. The molecule has 0 saturated heterocycles. The molecular weight excluding hydrogens is 497 g/mol. The summed E-state index contributed by atoms with van der Waals surface area (Å²) in [5.41, 5.74) is 1.62. The molecule has 0 spiro atoms. The lowest BCUT2D eigenvalue weighted by Crippen LogP contribution is -2.56. The van der Waals surface area contributed by atoms with Crippen molar-refractivity contribution in [3.63, 3.8) is 0 Å². The van der Waals surface area contributed by atoms with Gasteiger partial charge in [0, 0.05) is 6.42 Å². The minimum atomic E-state index is -1.64. The number of carbonyl (C=O) groups is 4. The maximum Gasteiger partial charge on any atom is 0.325 e. The van der Waals surface area contributed by atoms with Gasteiger partial charge in [-0.3, -0.25) is 19.2 Å². The summed E-state index contributed by atoms with van der Waals surface area (Å²) in [4.78, 5) is 49.5. The zero-order valence-corrected chi connectivity index (χ0v) is 21.8. The fourth-order valence-electron chi connectivity index (χ4n) is 4.21. The Bertz CT molecular complexity index is 1280. The fourth-order valence-corrected chi connectivity index (χ4v) is 4.21. The zero-order chi connectivity index (χ0) is 28.2. The Morgan fingerprint density at radius 1 is 0.897 bits per heavy atom.